The molecule has 0 saturated carbocycles. The summed E-state index contributed by atoms with van der Waals surface area (Å²) in [6.45, 7) is 0. The Labute approximate surface area is 93.6 Å². The van der Waals surface area contributed by atoms with Crippen LogP contribution in [-0.4, -0.2) is 16.8 Å². The predicted octanol–water partition coefficient (Wildman–Crippen LogP) is 2.34. The number of carbonyl (C=O) groups is 2. The third-order valence-corrected chi connectivity index (χ3v) is 2.33. The van der Waals surface area contributed by atoms with Crippen LogP contribution in [-0.2, 0) is 0 Å². The van der Waals surface area contributed by atoms with Crippen molar-refractivity contribution in [3.05, 3.63) is 46.6 Å². The summed E-state index contributed by atoms with van der Waals surface area (Å²) in [5.41, 5.74) is 0.299. The number of furan rings is 1. The fourth-order valence-electron chi connectivity index (χ4n) is 1.22. The molecule has 0 fully saturated rings. The minimum Gasteiger partial charge on any atom is -0.444 e. The summed E-state index contributed by atoms with van der Waals surface area (Å²) in [5.74, 6) is -0.186. The Morgan fingerprint density at radius 3 is 2.80 bits per heavy atom. The maximum Gasteiger partial charge on any atom is 0.298 e. The lowest BCUT2D eigenvalue weighted by Crippen LogP contribution is -2.12. The molecular formula is C10H6BrNO3. The van der Waals surface area contributed by atoms with Gasteiger partial charge in [0.25, 0.3) is 5.91 Å². The monoisotopic (exact) mass is 267 g/mol. The summed E-state index contributed by atoms with van der Waals surface area (Å²) in [6.07, 6.45) is 2.14. The Morgan fingerprint density at radius 2 is 2.20 bits per heavy atom. The van der Waals surface area contributed by atoms with Crippen molar-refractivity contribution in [3.8, 4) is 0 Å². The Bertz CT molecular complexity index is 512. The van der Waals surface area contributed by atoms with Crippen molar-refractivity contribution in [1.29, 1.82) is 0 Å². The normalized spacial score (nSPS) is 10.2. The van der Waals surface area contributed by atoms with Crippen LogP contribution in [0.2, 0.25) is 0 Å². The van der Waals surface area contributed by atoms with E-state index in [0.717, 1.165) is 0 Å². The van der Waals surface area contributed by atoms with Crippen molar-refractivity contribution in [2.45, 2.75) is 0 Å². The van der Waals surface area contributed by atoms with Crippen LogP contribution in [0, 0.1) is 0 Å². The molecule has 0 N–H and O–H groups in total. The quantitative estimate of drug-likeness (QED) is 0.785. The summed E-state index contributed by atoms with van der Waals surface area (Å²) < 4.78 is 6.81. The van der Waals surface area contributed by atoms with E-state index in [1.807, 2.05) is 0 Å². The fraction of sp³-hybridized carbons (Fsp3) is 0. The van der Waals surface area contributed by atoms with Crippen molar-refractivity contribution in [2.75, 3.05) is 0 Å². The molecule has 0 atom stereocenters. The molecule has 2 aromatic rings. The predicted molar refractivity (Wildman–Crippen MR) is 56.0 cm³/mol. The molecule has 0 saturated heterocycles. The van der Waals surface area contributed by atoms with Crippen LogP contribution in [0.3, 0.4) is 0 Å². The highest BCUT2D eigenvalue weighted by molar-refractivity contribution is 9.10. The average Bonchev–Trinajstić information content (AvgIpc) is 2.84. The molecule has 2 aromatic heterocycles. The molecule has 0 spiro atoms. The second-order valence-electron chi connectivity index (χ2n) is 2.83. The molecule has 0 amide bonds. The van der Waals surface area contributed by atoms with E-state index in [0.29, 0.717) is 16.6 Å². The van der Waals surface area contributed by atoms with Crippen molar-refractivity contribution in [3.63, 3.8) is 0 Å². The van der Waals surface area contributed by atoms with Crippen LogP contribution in [0.5, 0.6) is 0 Å². The lowest BCUT2D eigenvalue weighted by molar-refractivity contribution is 0.0920. The molecule has 15 heavy (non-hydrogen) atoms. The van der Waals surface area contributed by atoms with Gasteiger partial charge in [0.2, 0.25) is 0 Å². The lowest BCUT2D eigenvalue weighted by Gasteiger charge is -1.99. The highest BCUT2D eigenvalue weighted by atomic mass is 79.9. The molecule has 0 radical (unpaired) electrons. The smallest absolute Gasteiger partial charge is 0.298 e. The molecule has 5 heteroatoms. The standard InChI is InChI=1S/C10H6BrNO3/c11-9-4-3-8(15-9)10(14)12-5-1-2-7(12)6-13/h1-6H. The van der Waals surface area contributed by atoms with Crippen LogP contribution in [0.25, 0.3) is 0 Å². The number of aromatic nitrogens is 1. The number of halogens is 1. The summed E-state index contributed by atoms with van der Waals surface area (Å²) in [4.78, 5) is 22.4. The Kier molecular flexibility index (Phi) is 2.55. The highest BCUT2D eigenvalue weighted by Gasteiger charge is 2.14. The molecule has 76 valence electrons. The largest absolute Gasteiger partial charge is 0.444 e. The Hall–Kier alpha value is -1.62. The third-order valence-electron chi connectivity index (χ3n) is 1.90. The molecular weight excluding hydrogens is 262 g/mol. The van der Waals surface area contributed by atoms with Gasteiger partial charge < -0.3 is 4.42 Å². The van der Waals surface area contributed by atoms with Crippen molar-refractivity contribution in [2.24, 2.45) is 0 Å². The molecule has 4 nitrogen and oxygen atoms in total. The van der Waals surface area contributed by atoms with Gasteiger partial charge in [0, 0.05) is 6.20 Å². The van der Waals surface area contributed by atoms with Crippen molar-refractivity contribution < 1.29 is 14.0 Å². The Morgan fingerprint density at radius 1 is 1.40 bits per heavy atom. The topological polar surface area (TPSA) is 52.2 Å². The van der Waals surface area contributed by atoms with Crippen LogP contribution in [0.15, 0.2) is 39.5 Å². The second kappa shape index (κ2) is 3.86. The summed E-state index contributed by atoms with van der Waals surface area (Å²) in [7, 11) is 0. The van der Waals surface area contributed by atoms with E-state index in [-0.39, 0.29) is 11.7 Å². The first-order valence-corrected chi connectivity index (χ1v) is 4.94. The number of aldehydes is 1. The van der Waals surface area contributed by atoms with Gasteiger partial charge in [-0.1, -0.05) is 0 Å². The molecule has 2 rings (SSSR count). The van der Waals surface area contributed by atoms with E-state index in [4.69, 9.17) is 4.42 Å². The van der Waals surface area contributed by atoms with E-state index in [1.54, 1.807) is 24.3 Å². The fourth-order valence-corrected chi connectivity index (χ4v) is 1.53. The van der Waals surface area contributed by atoms with E-state index in [2.05, 4.69) is 15.9 Å². The summed E-state index contributed by atoms with van der Waals surface area (Å²) in [5, 5.41) is 0. The summed E-state index contributed by atoms with van der Waals surface area (Å²) >= 11 is 3.10. The van der Waals surface area contributed by atoms with Gasteiger partial charge in [-0.15, -0.1) is 0 Å². The zero-order valence-corrected chi connectivity index (χ0v) is 9.10. The van der Waals surface area contributed by atoms with Gasteiger partial charge in [-0.2, -0.15) is 0 Å². The van der Waals surface area contributed by atoms with E-state index >= 15 is 0 Å². The van der Waals surface area contributed by atoms with Crippen LogP contribution in [0.1, 0.15) is 21.0 Å². The molecule has 2 heterocycles. The first kappa shape index (κ1) is 9.92. The van der Waals surface area contributed by atoms with Gasteiger partial charge in [-0.25, -0.2) is 0 Å². The zero-order chi connectivity index (χ0) is 10.8. The van der Waals surface area contributed by atoms with Crippen LogP contribution in [0.4, 0.5) is 0 Å². The zero-order valence-electron chi connectivity index (χ0n) is 7.51. The molecule has 0 aliphatic heterocycles. The van der Waals surface area contributed by atoms with Crippen LogP contribution < -0.4 is 0 Å². The summed E-state index contributed by atoms with van der Waals surface area (Å²) in [6, 6.07) is 6.35. The lowest BCUT2D eigenvalue weighted by atomic mass is 10.4. The number of rotatable bonds is 2. The average molecular weight is 268 g/mol. The van der Waals surface area contributed by atoms with E-state index in [9.17, 15) is 9.59 Å². The Balaban J connectivity index is 2.40. The number of carbonyl (C=O) groups excluding carboxylic acids is 2. The SMILES string of the molecule is O=Cc1cccn1C(=O)c1ccc(Br)o1. The molecule has 0 bridgehead atoms. The van der Waals surface area contributed by atoms with Gasteiger partial charge in [0.15, 0.2) is 16.7 Å². The minimum absolute atomic E-state index is 0.182. The van der Waals surface area contributed by atoms with Gasteiger partial charge in [0.1, 0.15) is 0 Å². The molecule has 0 aliphatic carbocycles. The number of hydrogen-bond acceptors (Lipinski definition) is 3. The number of nitrogens with zero attached hydrogens (tertiary/aromatic N) is 1. The highest BCUT2D eigenvalue weighted by Crippen LogP contribution is 2.15. The minimum atomic E-state index is -0.368. The van der Waals surface area contributed by atoms with Gasteiger partial charge in [0.05, 0.1) is 5.69 Å². The van der Waals surface area contributed by atoms with Crippen molar-refractivity contribution in [1.82, 2.24) is 4.57 Å². The molecule has 0 aliphatic rings. The maximum absolute atomic E-state index is 11.8. The molecule has 0 aromatic carbocycles. The van der Waals surface area contributed by atoms with Gasteiger partial charge >= 0.3 is 0 Å². The first-order chi connectivity index (χ1) is 7.22. The van der Waals surface area contributed by atoms with Crippen LogP contribution >= 0.6 is 15.9 Å². The first-order valence-electron chi connectivity index (χ1n) is 4.15. The maximum atomic E-state index is 11.8. The van der Waals surface area contributed by atoms with E-state index < -0.39 is 0 Å². The van der Waals surface area contributed by atoms with E-state index in [1.165, 1.54) is 10.8 Å². The second-order valence-corrected chi connectivity index (χ2v) is 3.61. The number of hydrogen-bond donors (Lipinski definition) is 0. The third kappa shape index (κ3) is 1.78. The molecule has 0 unspecified atom stereocenters. The van der Waals surface area contributed by atoms with Gasteiger partial charge in [-0.3, -0.25) is 14.2 Å². The van der Waals surface area contributed by atoms with Gasteiger partial charge in [-0.05, 0) is 40.2 Å². The van der Waals surface area contributed by atoms with Crippen molar-refractivity contribution >= 4 is 28.1 Å².